The number of nitrogens with one attached hydrogen (secondary N) is 1. The minimum atomic E-state index is -0.130. The Balaban J connectivity index is 1.59. The highest BCUT2D eigenvalue weighted by atomic mass is 32.2. The molecule has 0 fully saturated rings. The lowest BCUT2D eigenvalue weighted by Gasteiger charge is -2.04. The third-order valence-electron chi connectivity index (χ3n) is 3.02. The average molecular weight is 326 g/mol. The van der Waals surface area contributed by atoms with E-state index in [1.54, 1.807) is 18.0 Å². The number of rotatable bonds is 5. The molecule has 3 rings (SSSR count). The number of carbonyl (C=O) groups is 1. The van der Waals surface area contributed by atoms with Crippen LogP contribution in [0.3, 0.4) is 0 Å². The number of amides is 1. The second-order valence-electron chi connectivity index (χ2n) is 4.59. The van der Waals surface area contributed by atoms with E-state index in [-0.39, 0.29) is 5.91 Å². The Labute approximate surface area is 137 Å². The maximum Gasteiger partial charge on any atom is 0.257 e. The molecule has 3 aromatic rings. The van der Waals surface area contributed by atoms with Gasteiger partial charge in [0.05, 0.1) is 0 Å². The minimum absolute atomic E-state index is 0.130. The van der Waals surface area contributed by atoms with Gasteiger partial charge in [-0.3, -0.25) is 10.1 Å². The first-order valence-corrected chi connectivity index (χ1v) is 8.65. The predicted octanol–water partition coefficient (Wildman–Crippen LogP) is 4.69. The summed E-state index contributed by atoms with van der Waals surface area (Å²) >= 11 is 3.16. The van der Waals surface area contributed by atoms with Crippen LogP contribution in [-0.4, -0.2) is 10.9 Å². The lowest BCUT2D eigenvalue weighted by Crippen LogP contribution is -2.11. The second-order valence-corrected chi connectivity index (χ2v) is 6.53. The van der Waals surface area contributed by atoms with Gasteiger partial charge in [0, 0.05) is 27.8 Å². The maximum atomic E-state index is 12.1. The summed E-state index contributed by atoms with van der Waals surface area (Å²) in [5, 5.41) is 5.23. The first-order valence-electron chi connectivity index (χ1n) is 6.79. The fourth-order valence-corrected chi connectivity index (χ4v) is 3.28. The highest BCUT2D eigenvalue weighted by molar-refractivity contribution is 7.98. The number of hydrogen-bond donors (Lipinski definition) is 1. The van der Waals surface area contributed by atoms with Crippen molar-refractivity contribution in [1.82, 2.24) is 4.98 Å². The van der Waals surface area contributed by atoms with Gasteiger partial charge in [-0.1, -0.05) is 30.3 Å². The van der Waals surface area contributed by atoms with E-state index in [2.05, 4.69) is 22.4 Å². The summed E-state index contributed by atoms with van der Waals surface area (Å²) in [5.41, 5.74) is 1.93. The molecule has 0 spiro atoms. The molecule has 0 atom stereocenters. The molecule has 0 aliphatic rings. The Morgan fingerprint density at radius 1 is 1.09 bits per heavy atom. The van der Waals surface area contributed by atoms with Crippen molar-refractivity contribution in [3.63, 3.8) is 0 Å². The summed E-state index contributed by atoms with van der Waals surface area (Å²) in [6, 6.07) is 18.0. The Morgan fingerprint density at radius 3 is 2.55 bits per heavy atom. The second kappa shape index (κ2) is 7.24. The highest BCUT2D eigenvalue weighted by Gasteiger charge is 2.07. The molecule has 1 aromatic heterocycles. The standard InChI is InChI=1S/C17H14N2OS2/c20-16(19-17-18-10-11-21-17)14-6-8-15(9-7-14)22-12-13-4-2-1-3-5-13/h1-11H,12H2,(H,18,19,20). The van der Waals surface area contributed by atoms with Crippen molar-refractivity contribution in [3.8, 4) is 0 Å². The Kier molecular flexibility index (Phi) is 4.88. The Bertz CT molecular complexity index is 725. The molecule has 1 heterocycles. The van der Waals surface area contributed by atoms with Crippen molar-refractivity contribution in [1.29, 1.82) is 0 Å². The smallest absolute Gasteiger partial charge is 0.257 e. The van der Waals surface area contributed by atoms with Gasteiger partial charge in [-0.25, -0.2) is 4.98 Å². The number of anilines is 1. The van der Waals surface area contributed by atoms with Gasteiger partial charge in [-0.2, -0.15) is 0 Å². The number of thiazole rings is 1. The zero-order valence-corrected chi connectivity index (χ0v) is 13.4. The van der Waals surface area contributed by atoms with Gasteiger partial charge in [0.2, 0.25) is 0 Å². The molecule has 0 radical (unpaired) electrons. The van der Waals surface area contributed by atoms with Crippen molar-refractivity contribution in [2.75, 3.05) is 5.32 Å². The van der Waals surface area contributed by atoms with Crippen LogP contribution in [-0.2, 0) is 5.75 Å². The topological polar surface area (TPSA) is 42.0 Å². The molecule has 0 aliphatic heterocycles. The lowest BCUT2D eigenvalue weighted by molar-refractivity contribution is 0.102. The molecule has 110 valence electrons. The fraction of sp³-hybridized carbons (Fsp3) is 0.0588. The zero-order valence-electron chi connectivity index (χ0n) is 11.7. The normalized spacial score (nSPS) is 10.4. The third-order valence-corrected chi connectivity index (χ3v) is 4.79. The van der Waals surface area contributed by atoms with Crippen LogP contribution in [0, 0.1) is 0 Å². The Hall–Kier alpha value is -2.11. The first kappa shape index (κ1) is 14.8. The number of thioether (sulfide) groups is 1. The molecule has 0 saturated heterocycles. The summed E-state index contributed by atoms with van der Waals surface area (Å²) in [6.45, 7) is 0. The molecule has 0 bridgehead atoms. The van der Waals surface area contributed by atoms with E-state index in [4.69, 9.17) is 0 Å². The quantitative estimate of drug-likeness (QED) is 0.692. The molecular formula is C17H14N2OS2. The molecule has 2 aromatic carbocycles. The predicted molar refractivity (Wildman–Crippen MR) is 92.5 cm³/mol. The van der Waals surface area contributed by atoms with Crippen LogP contribution in [0.4, 0.5) is 5.13 Å². The monoisotopic (exact) mass is 326 g/mol. The van der Waals surface area contributed by atoms with Crippen LogP contribution in [0.15, 0.2) is 71.1 Å². The summed E-state index contributed by atoms with van der Waals surface area (Å²) in [6.07, 6.45) is 1.67. The van der Waals surface area contributed by atoms with Gasteiger partial charge in [-0.05, 0) is 29.8 Å². The number of hydrogen-bond acceptors (Lipinski definition) is 4. The average Bonchev–Trinajstić information content (AvgIpc) is 3.07. The van der Waals surface area contributed by atoms with Crippen molar-refractivity contribution < 1.29 is 4.79 Å². The van der Waals surface area contributed by atoms with Gasteiger partial charge < -0.3 is 0 Å². The van der Waals surface area contributed by atoms with Gasteiger partial charge in [-0.15, -0.1) is 23.1 Å². The molecule has 1 amide bonds. The Morgan fingerprint density at radius 2 is 1.86 bits per heavy atom. The van der Waals surface area contributed by atoms with Crippen molar-refractivity contribution in [2.45, 2.75) is 10.6 Å². The van der Waals surface area contributed by atoms with Crippen LogP contribution in [0.2, 0.25) is 0 Å². The number of benzene rings is 2. The van der Waals surface area contributed by atoms with E-state index >= 15 is 0 Å². The van der Waals surface area contributed by atoms with Crippen LogP contribution in [0.1, 0.15) is 15.9 Å². The van der Waals surface area contributed by atoms with Gasteiger partial charge in [0.15, 0.2) is 5.13 Å². The minimum Gasteiger partial charge on any atom is -0.298 e. The number of carbonyl (C=O) groups excluding carboxylic acids is 1. The lowest BCUT2D eigenvalue weighted by atomic mass is 10.2. The van der Waals surface area contributed by atoms with Crippen molar-refractivity contribution >= 4 is 34.1 Å². The SMILES string of the molecule is O=C(Nc1nccs1)c1ccc(SCc2ccccc2)cc1. The van der Waals surface area contributed by atoms with Gasteiger partial charge in [0.1, 0.15) is 0 Å². The van der Waals surface area contributed by atoms with E-state index in [0.717, 1.165) is 10.6 Å². The summed E-state index contributed by atoms with van der Waals surface area (Å²) in [4.78, 5) is 17.2. The van der Waals surface area contributed by atoms with Gasteiger partial charge >= 0.3 is 0 Å². The summed E-state index contributed by atoms with van der Waals surface area (Å²) in [7, 11) is 0. The summed E-state index contributed by atoms with van der Waals surface area (Å²) in [5.74, 6) is 0.792. The van der Waals surface area contributed by atoms with E-state index in [0.29, 0.717) is 10.7 Å². The van der Waals surface area contributed by atoms with Crippen molar-refractivity contribution in [2.24, 2.45) is 0 Å². The first-order chi connectivity index (χ1) is 10.8. The van der Waals surface area contributed by atoms with Crippen molar-refractivity contribution in [3.05, 3.63) is 77.3 Å². The van der Waals surface area contributed by atoms with Crippen LogP contribution >= 0.6 is 23.1 Å². The molecular weight excluding hydrogens is 312 g/mol. The van der Waals surface area contributed by atoms with E-state index in [1.807, 2.05) is 47.8 Å². The fourth-order valence-electron chi connectivity index (χ4n) is 1.90. The van der Waals surface area contributed by atoms with E-state index in [9.17, 15) is 4.79 Å². The molecule has 3 nitrogen and oxygen atoms in total. The van der Waals surface area contributed by atoms with E-state index in [1.165, 1.54) is 16.9 Å². The maximum absolute atomic E-state index is 12.1. The van der Waals surface area contributed by atoms with Gasteiger partial charge in [0.25, 0.3) is 5.91 Å². The van der Waals surface area contributed by atoms with Crippen LogP contribution < -0.4 is 5.32 Å². The molecule has 5 heteroatoms. The largest absolute Gasteiger partial charge is 0.298 e. The molecule has 0 saturated carbocycles. The zero-order chi connectivity index (χ0) is 15.2. The molecule has 0 unspecified atom stereocenters. The van der Waals surface area contributed by atoms with E-state index < -0.39 is 0 Å². The summed E-state index contributed by atoms with van der Waals surface area (Å²) < 4.78 is 0. The van der Waals surface area contributed by atoms with Crippen LogP contribution in [0.25, 0.3) is 0 Å². The van der Waals surface area contributed by atoms with Crippen LogP contribution in [0.5, 0.6) is 0 Å². The number of nitrogens with zero attached hydrogens (tertiary/aromatic N) is 1. The third kappa shape index (κ3) is 3.96. The number of aromatic nitrogens is 1. The molecule has 22 heavy (non-hydrogen) atoms. The molecule has 1 N–H and O–H groups in total. The molecule has 0 aliphatic carbocycles. The highest BCUT2D eigenvalue weighted by Crippen LogP contribution is 2.23.